The lowest BCUT2D eigenvalue weighted by atomic mass is 10.2. The van der Waals surface area contributed by atoms with E-state index in [9.17, 15) is 13.2 Å². The molecule has 23 heavy (non-hydrogen) atoms. The second-order valence-electron chi connectivity index (χ2n) is 5.27. The topological polar surface area (TPSA) is 94.2 Å². The van der Waals surface area contributed by atoms with E-state index in [1.807, 2.05) is 13.8 Å². The Morgan fingerprint density at radius 2 is 2.00 bits per heavy atom. The molecule has 1 N–H and O–H groups in total. The molecule has 0 bridgehead atoms. The van der Waals surface area contributed by atoms with Crippen molar-refractivity contribution in [3.05, 3.63) is 35.0 Å². The molecule has 0 atom stereocenters. The molecule has 0 spiro atoms. The van der Waals surface area contributed by atoms with Crippen LogP contribution in [0.1, 0.15) is 36.8 Å². The average molecular weight is 339 g/mol. The van der Waals surface area contributed by atoms with Gasteiger partial charge in [0.25, 0.3) is 10.0 Å². The van der Waals surface area contributed by atoms with Crippen molar-refractivity contribution in [1.29, 1.82) is 0 Å². The molecule has 1 amide bonds. The number of aromatic nitrogens is 2. The Hall–Kier alpha value is -2.09. The van der Waals surface area contributed by atoms with Gasteiger partial charge in [0, 0.05) is 7.05 Å². The Morgan fingerprint density at radius 3 is 2.52 bits per heavy atom. The highest BCUT2D eigenvalue weighted by molar-refractivity contribution is 7.90. The maximum Gasteiger partial charge on any atom is 0.267 e. The zero-order chi connectivity index (χ0) is 17.2. The van der Waals surface area contributed by atoms with Crippen LogP contribution in [0.15, 0.2) is 21.4 Å². The Labute approximate surface area is 135 Å². The third-order valence-electron chi connectivity index (χ3n) is 3.50. The molecule has 7 nitrogen and oxygen atoms in total. The van der Waals surface area contributed by atoms with E-state index in [4.69, 9.17) is 4.42 Å². The first-order valence-corrected chi connectivity index (χ1v) is 8.92. The molecule has 0 saturated carbocycles. The molecule has 126 valence electrons. The molecule has 0 saturated heterocycles. The third kappa shape index (κ3) is 3.64. The van der Waals surface area contributed by atoms with Gasteiger partial charge in [-0.05, 0) is 31.9 Å². The third-order valence-corrected chi connectivity index (χ3v) is 5.01. The molecule has 0 unspecified atom stereocenters. The van der Waals surface area contributed by atoms with Crippen molar-refractivity contribution in [1.82, 2.24) is 14.5 Å². The summed E-state index contributed by atoms with van der Waals surface area (Å²) in [6, 6.07) is 3.38. The van der Waals surface area contributed by atoms with Crippen LogP contribution in [0.3, 0.4) is 0 Å². The van der Waals surface area contributed by atoms with E-state index in [2.05, 4.69) is 9.82 Å². The summed E-state index contributed by atoms with van der Waals surface area (Å²) in [5.41, 5.74) is 1.04. The van der Waals surface area contributed by atoms with E-state index in [1.54, 1.807) is 30.8 Å². The smallest absolute Gasteiger partial charge is 0.267 e. The van der Waals surface area contributed by atoms with Crippen molar-refractivity contribution in [2.75, 3.05) is 0 Å². The molecule has 0 fully saturated rings. The summed E-state index contributed by atoms with van der Waals surface area (Å²) >= 11 is 0. The lowest BCUT2D eigenvalue weighted by Crippen LogP contribution is -2.32. The summed E-state index contributed by atoms with van der Waals surface area (Å²) in [7, 11) is -2.26. The number of nitrogens with zero attached hydrogens (tertiary/aromatic N) is 2. The number of furan rings is 1. The van der Waals surface area contributed by atoms with Crippen LogP contribution >= 0.6 is 0 Å². The number of amides is 1. The van der Waals surface area contributed by atoms with Crippen molar-refractivity contribution in [3.8, 4) is 0 Å². The molecule has 2 rings (SSSR count). The number of sulfonamides is 1. The second kappa shape index (κ2) is 6.57. The van der Waals surface area contributed by atoms with E-state index in [1.165, 1.54) is 0 Å². The predicted molar refractivity (Wildman–Crippen MR) is 84.4 cm³/mol. The molecular formula is C15H21N3O4S. The van der Waals surface area contributed by atoms with Crippen molar-refractivity contribution in [2.24, 2.45) is 7.05 Å². The molecule has 2 heterocycles. The number of rotatable bonds is 6. The molecule has 0 aliphatic rings. The van der Waals surface area contributed by atoms with Crippen LogP contribution in [0.5, 0.6) is 0 Å². The maximum atomic E-state index is 12.6. The fourth-order valence-corrected chi connectivity index (χ4v) is 4.06. The standard InChI is InChI=1S/C15H21N3O4S/c1-5-12-15(13(6-2)18(4)16-12)23(20,21)17-14(19)9-11-8-7-10(3)22-11/h7-8H,5-6,9H2,1-4H3,(H,17,19). The van der Waals surface area contributed by atoms with Gasteiger partial charge in [-0.25, -0.2) is 13.1 Å². The number of carbonyl (C=O) groups is 1. The van der Waals surface area contributed by atoms with Crippen LogP contribution in [0.2, 0.25) is 0 Å². The summed E-state index contributed by atoms with van der Waals surface area (Å²) < 4.78 is 34.1. The van der Waals surface area contributed by atoms with Crippen molar-refractivity contribution in [2.45, 2.75) is 44.9 Å². The Balaban J connectivity index is 2.26. The quantitative estimate of drug-likeness (QED) is 0.860. The minimum Gasteiger partial charge on any atom is -0.466 e. The van der Waals surface area contributed by atoms with Crippen LogP contribution in [0.25, 0.3) is 0 Å². The first-order valence-electron chi connectivity index (χ1n) is 7.44. The monoisotopic (exact) mass is 339 g/mol. The molecule has 0 aliphatic carbocycles. The molecule has 2 aromatic heterocycles. The zero-order valence-corrected chi connectivity index (χ0v) is 14.5. The van der Waals surface area contributed by atoms with Gasteiger partial charge in [0.1, 0.15) is 16.4 Å². The molecular weight excluding hydrogens is 318 g/mol. The number of carbonyl (C=O) groups excluding carboxylic acids is 1. The minimum atomic E-state index is -3.96. The minimum absolute atomic E-state index is 0.106. The summed E-state index contributed by atoms with van der Waals surface area (Å²) in [5, 5.41) is 4.23. The number of hydrogen-bond donors (Lipinski definition) is 1. The fourth-order valence-electron chi connectivity index (χ4n) is 2.51. The van der Waals surface area contributed by atoms with Gasteiger partial charge in [-0.15, -0.1) is 0 Å². The fraction of sp³-hybridized carbons (Fsp3) is 0.467. The summed E-state index contributed by atoms with van der Waals surface area (Å²) in [4.78, 5) is 12.1. The van der Waals surface area contributed by atoms with Crippen LogP contribution in [0, 0.1) is 6.92 Å². The van der Waals surface area contributed by atoms with Gasteiger partial charge >= 0.3 is 0 Å². The van der Waals surface area contributed by atoms with E-state index in [0.717, 1.165) is 0 Å². The van der Waals surface area contributed by atoms with Crippen LogP contribution < -0.4 is 4.72 Å². The average Bonchev–Trinajstić information content (AvgIpc) is 3.01. The van der Waals surface area contributed by atoms with E-state index in [0.29, 0.717) is 35.7 Å². The molecule has 0 aromatic carbocycles. The number of aryl methyl sites for hydroxylation is 3. The van der Waals surface area contributed by atoms with Gasteiger partial charge in [-0.3, -0.25) is 9.48 Å². The van der Waals surface area contributed by atoms with Crippen molar-refractivity contribution < 1.29 is 17.6 Å². The van der Waals surface area contributed by atoms with Gasteiger partial charge in [0.2, 0.25) is 5.91 Å². The summed E-state index contributed by atoms with van der Waals surface area (Å²) in [6.07, 6.45) is 0.844. The van der Waals surface area contributed by atoms with Crippen LogP contribution in [0.4, 0.5) is 0 Å². The zero-order valence-electron chi connectivity index (χ0n) is 13.7. The Morgan fingerprint density at radius 1 is 1.30 bits per heavy atom. The number of hydrogen-bond acceptors (Lipinski definition) is 5. The molecule has 8 heteroatoms. The van der Waals surface area contributed by atoms with Crippen molar-refractivity contribution in [3.63, 3.8) is 0 Å². The van der Waals surface area contributed by atoms with Gasteiger partial charge in [0.05, 0.1) is 17.8 Å². The SMILES string of the molecule is CCc1nn(C)c(CC)c1S(=O)(=O)NC(=O)Cc1ccc(C)o1. The first-order chi connectivity index (χ1) is 10.8. The molecule has 2 aromatic rings. The highest BCUT2D eigenvalue weighted by atomic mass is 32.2. The van der Waals surface area contributed by atoms with Gasteiger partial charge < -0.3 is 4.42 Å². The summed E-state index contributed by atoms with van der Waals surface area (Å²) in [6.45, 7) is 5.44. The van der Waals surface area contributed by atoms with Crippen LogP contribution in [-0.4, -0.2) is 24.1 Å². The van der Waals surface area contributed by atoms with Gasteiger partial charge in [-0.1, -0.05) is 13.8 Å². The molecule has 0 aliphatic heterocycles. The van der Waals surface area contributed by atoms with Crippen LogP contribution in [-0.2, 0) is 41.1 Å². The Kier molecular flexibility index (Phi) is 4.93. The second-order valence-corrected chi connectivity index (χ2v) is 6.89. The van der Waals surface area contributed by atoms with Crippen molar-refractivity contribution >= 4 is 15.9 Å². The maximum absolute atomic E-state index is 12.6. The highest BCUT2D eigenvalue weighted by Crippen LogP contribution is 2.21. The lowest BCUT2D eigenvalue weighted by molar-refractivity contribution is -0.118. The summed E-state index contributed by atoms with van der Waals surface area (Å²) in [5.74, 6) is 0.463. The van der Waals surface area contributed by atoms with E-state index < -0.39 is 15.9 Å². The number of nitrogens with one attached hydrogen (secondary N) is 1. The normalized spacial score (nSPS) is 11.7. The van der Waals surface area contributed by atoms with E-state index >= 15 is 0 Å². The van der Waals surface area contributed by atoms with Gasteiger partial charge in [-0.2, -0.15) is 5.10 Å². The molecule has 0 radical (unpaired) electrons. The van der Waals surface area contributed by atoms with Gasteiger partial charge in [0.15, 0.2) is 0 Å². The Bertz CT molecular complexity index is 818. The highest BCUT2D eigenvalue weighted by Gasteiger charge is 2.28. The first kappa shape index (κ1) is 17.3. The van der Waals surface area contributed by atoms with E-state index in [-0.39, 0.29) is 11.3 Å². The lowest BCUT2D eigenvalue weighted by Gasteiger charge is -2.08. The predicted octanol–water partition coefficient (Wildman–Crippen LogP) is 1.49. The largest absolute Gasteiger partial charge is 0.466 e.